The molecule has 0 aromatic carbocycles. The highest BCUT2D eigenvalue weighted by atomic mass is 16.4. The molecule has 1 aliphatic heterocycles. The Balaban J connectivity index is 2.15. The number of carbonyl (C=O) groups is 1. The lowest BCUT2D eigenvalue weighted by Gasteiger charge is -2.18. The van der Waals surface area contributed by atoms with E-state index in [1.54, 1.807) is 0 Å². The Hall–Kier alpha value is -1.36. The van der Waals surface area contributed by atoms with E-state index in [0.717, 1.165) is 50.2 Å². The molecule has 0 atom stereocenters. The minimum atomic E-state index is -0.929. The first-order valence-corrected chi connectivity index (χ1v) is 5.74. The van der Waals surface area contributed by atoms with Crippen molar-refractivity contribution in [2.45, 2.75) is 26.2 Å². The molecule has 88 valence electrons. The second-order valence-corrected chi connectivity index (χ2v) is 4.18. The lowest BCUT2D eigenvalue weighted by molar-refractivity contribution is 0.0689. The van der Waals surface area contributed by atoms with Crippen LogP contribution in [0.3, 0.4) is 0 Å². The van der Waals surface area contributed by atoms with E-state index in [2.05, 4.69) is 22.0 Å². The summed E-state index contributed by atoms with van der Waals surface area (Å²) in [5, 5.41) is 15.7. The van der Waals surface area contributed by atoms with E-state index in [1.165, 1.54) is 0 Å². The zero-order chi connectivity index (χ0) is 11.5. The van der Waals surface area contributed by atoms with Gasteiger partial charge in [-0.25, -0.2) is 4.79 Å². The summed E-state index contributed by atoms with van der Waals surface area (Å²) in [6.07, 6.45) is 2.79. The number of hydrogen-bond donors (Lipinski definition) is 2. The number of hydrogen-bond acceptors (Lipinski definition) is 3. The van der Waals surface area contributed by atoms with Gasteiger partial charge in [0, 0.05) is 30.8 Å². The molecule has 0 aliphatic carbocycles. The topological polar surface area (TPSA) is 69.2 Å². The molecule has 0 bridgehead atoms. The number of rotatable bonds is 3. The zero-order valence-electron chi connectivity index (χ0n) is 9.49. The number of carboxylic acids is 1. The van der Waals surface area contributed by atoms with Gasteiger partial charge in [0.25, 0.3) is 0 Å². The molecule has 2 rings (SSSR count). The van der Waals surface area contributed by atoms with Gasteiger partial charge in [-0.05, 0) is 19.4 Å². The van der Waals surface area contributed by atoms with Crippen molar-refractivity contribution < 1.29 is 9.90 Å². The molecule has 1 aromatic heterocycles. The Morgan fingerprint density at radius 1 is 1.50 bits per heavy atom. The van der Waals surface area contributed by atoms with Crippen LogP contribution >= 0.6 is 0 Å². The second-order valence-electron chi connectivity index (χ2n) is 4.18. The standard InChI is InChI=1S/C11H17N3O2/c1-2-5-14-6-3-8-9(4-7-14)12-13-10(8)11(15)16/h2-7H2,1H3,(H,12,13)(H,15,16). The largest absolute Gasteiger partial charge is 0.476 e. The molecular formula is C11H17N3O2. The van der Waals surface area contributed by atoms with Gasteiger partial charge in [0.1, 0.15) is 0 Å². The van der Waals surface area contributed by atoms with Gasteiger partial charge in [0.05, 0.1) is 0 Å². The molecule has 5 heteroatoms. The van der Waals surface area contributed by atoms with E-state index in [0.29, 0.717) is 0 Å². The first kappa shape index (κ1) is 11.1. The van der Waals surface area contributed by atoms with Crippen LogP contribution in [0.2, 0.25) is 0 Å². The van der Waals surface area contributed by atoms with E-state index < -0.39 is 5.97 Å². The number of H-pyrrole nitrogens is 1. The van der Waals surface area contributed by atoms with Gasteiger partial charge < -0.3 is 10.0 Å². The minimum Gasteiger partial charge on any atom is -0.476 e. The summed E-state index contributed by atoms with van der Waals surface area (Å²) in [4.78, 5) is 13.3. The second kappa shape index (κ2) is 4.65. The quantitative estimate of drug-likeness (QED) is 0.799. The van der Waals surface area contributed by atoms with Gasteiger partial charge in [-0.2, -0.15) is 5.10 Å². The van der Waals surface area contributed by atoms with E-state index >= 15 is 0 Å². The Kier molecular flexibility index (Phi) is 3.24. The van der Waals surface area contributed by atoms with Gasteiger partial charge in [-0.3, -0.25) is 5.10 Å². The maximum absolute atomic E-state index is 11.0. The van der Waals surface area contributed by atoms with Gasteiger partial charge in [-0.15, -0.1) is 0 Å². The Morgan fingerprint density at radius 3 is 2.94 bits per heavy atom. The summed E-state index contributed by atoms with van der Waals surface area (Å²) >= 11 is 0. The fraction of sp³-hybridized carbons (Fsp3) is 0.636. The third kappa shape index (κ3) is 2.09. The average molecular weight is 223 g/mol. The van der Waals surface area contributed by atoms with Crippen molar-refractivity contribution >= 4 is 5.97 Å². The van der Waals surface area contributed by atoms with Crippen molar-refractivity contribution in [1.29, 1.82) is 0 Å². The number of nitrogens with zero attached hydrogens (tertiary/aromatic N) is 2. The predicted molar refractivity (Wildman–Crippen MR) is 59.7 cm³/mol. The van der Waals surface area contributed by atoms with Crippen LogP contribution in [-0.4, -0.2) is 45.8 Å². The van der Waals surface area contributed by atoms with Gasteiger partial charge in [0.2, 0.25) is 0 Å². The smallest absolute Gasteiger partial charge is 0.356 e. The molecule has 0 saturated carbocycles. The predicted octanol–water partition coefficient (Wildman–Crippen LogP) is 0.919. The van der Waals surface area contributed by atoms with Crippen molar-refractivity contribution in [1.82, 2.24) is 15.1 Å². The Morgan fingerprint density at radius 2 is 2.25 bits per heavy atom. The molecule has 1 aliphatic rings. The van der Waals surface area contributed by atoms with Gasteiger partial charge in [-0.1, -0.05) is 6.92 Å². The number of fused-ring (bicyclic) bond motifs is 1. The molecule has 0 fully saturated rings. The summed E-state index contributed by atoms with van der Waals surface area (Å²) in [5.74, 6) is -0.929. The van der Waals surface area contributed by atoms with Gasteiger partial charge >= 0.3 is 5.97 Å². The molecule has 2 heterocycles. The lowest BCUT2D eigenvalue weighted by atomic mass is 10.1. The zero-order valence-corrected chi connectivity index (χ0v) is 9.49. The van der Waals surface area contributed by atoms with Crippen LogP contribution in [0.4, 0.5) is 0 Å². The van der Waals surface area contributed by atoms with Gasteiger partial charge in [0.15, 0.2) is 5.69 Å². The third-order valence-electron chi connectivity index (χ3n) is 3.05. The molecule has 0 amide bonds. The molecule has 1 aromatic rings. The average Bonchev–Trinajstić information content (AvgIpc) is 2.56. The summed E-state index contributed by atoms with van der Waals surface area (Å²) in [5.41, 5.74) is 2.09. The number of aromatic nitrogens is 2. The van der Waals surface area contributed by atoms with Crippen LogP contribution < -0.4 is 0 Å². The van der Waals surface area contributed by atoms with Crippen molar-refractivity contribution in [2.24, 2.45) is 0 Å². The molecule has 0 spiro atoms. The van der Waals surface area contributed by atoms with E-state index in [1.807, 2.05) is 0 Å². The first-order chi connectivity index (χ1) is 7.72. The Bertz CT molecular complexity index is 387. The molecule has 16 heavy (non-hydrogen) atoms. The number of aromatic amines is 1. The highest BCUT2D eigenvalue weighted by Crippen LogP contribution is 2.17. The fourth-order valence-electron chi connectivity index (χ4n) is 2.25. The Labute approximate surface area is 94.5 Å². The van der Waals surface area contributed by atoms with Crippen molar-refractivity contribution in [3.8, 4) is 0 Å². The van der Waals surface area contributed by atoms with Crippen LogP contribution in [0.15, 0.2) is 0 Å². The third-order valence-corrected chi connectivity index (χ3v) is 3.05. The molecule has 0 radical (unpaired) electrons. The highest BCUT2D eigenvalue weighted by Gasteiger charge is 2.22. The van der Waals surface area contributed by atoms with Crippen molar-refractivity contribution in [2.75, 3.05) is 19.6 Å². The molecular weight excluding hydrogens is 206 g/mol. The summed E-state index contributed by atoms with van der Waals surface area (Å²) in [6.45, 7) is 5.16. The maximum Gasteiger partial charge on any atom is 0.356 e. The highest BCUT2D eigenvalue weighted by molar-refractivity contribution is 5.87. The summed E-state index contributed by atoms with van der Waals surface area (Å²) < 4.78 is 0. The maximum atomic E-state index is 11.0. The van der Waals surface area contributed by atoms with E-state index in [9.17, 15) is 4.79 Å². The number of carboxylic acid groups (broad SMARTS) is 1. The lowest BCUT2D eigenvalue weighted by Crippen LogP contribution is -2.27. The van der Waals surface area contributed by atoms with E-state index in [-0.39, 0.29) is 5.69 Å². The fourth-order valence-corrected chi connectivity index (χ4v) is 2.25. The monoisotopic (exact) mass is 223 g/mol. The molecule has 0 unspecified atom stereocenters. The molecule has 0 saturated heterocycles. The van der Waals surface area contributed by atoms with Crippen molar-refractivity contribution in [3.63, 3.8) is 0 Å². The normalized spacial score (nSPS) is 16.8. The van der Waals surface area contributed by atoms with Crippen LogP contribution in [0, 0.1) is 0 Å². The summed E-state index contributed by atoms with van der Waals surface area (Å²) in [6, 6.07) is 0. The van der Waals surface area contributed by atoms with Crippen LogP contribution in [-0.2, 0) is 12.8 Å². The van der Waals surface area contributed by atoms with Crippen LogP contribution in [0.25, 0.3) is 0 Å². The first-order valence-electron chi connectivity index (χ1n) is 5.74. The minimum absolute atomic E-state index is 0.202. The van der Waals surface area contributed by atoms with Crippen LogP contribution in [0.5, 0.6) is 0 Å². The number of aromatic carboxylic acids is 1. The molecule has 5 nitrogen and oxygen atoms in total. The molecule has 2 N–H and O–H groups in total. The van der Waals surface area contributed by atoms with Crippen LogP contribution in [0.1, 0.15) is 35.1 Å². The summed E-state index contributed by atoms with van der Waals surface area (Å²) in [7, 11) is 0. The SMILES string of the molecule is CCCN1CCc2[nH]nc(C(=O)O)c2CC1. The van der Waals surface area contributed by atoms with E-state index in [4.69, 9.17) is 5.11 Å². The van der Waals surface area contributed by atoms with Crippen molar-refractivity contribution in [3.05, 3.63) is 17.0 Å². The number of nitrogens with one attached hydrogen (secondary N) is 1.